The molecular weight excluding hydrogens is 344 g/mol. The first-order valence-electron chi connectivity index (χ1n) is 7.83. The average Bonchev–Trinajstić information content (AvgIpc) is 3.26. The Labute approximate surface area is 147 Å². The van der Waals surface area contributed by atoms with Gasteiger partial charge in [0.25, 0.3) is 0 Å². The van der Waals surface area contributed by atoms with Gasteiger partial charge < -0.3 is 11.5 Å². The minimum absolute atomic E-state index is 0.212. The summed E-state index contributed by atoms with van der Waals surface area (Å²) in [4.78, 5) is 0.320. The lowest BCUT2D eigenvalue weighted by atomic mass is 9.99. The van der Waals surface area contributed by atoms with Crippen LogP contribution in [-0.2, 0) is 9.84 Å². The summed E-state index contributed by atoms with van der Waals surface area (Å²) in [6.07, 6.45) is 0. The fourth-order valence-corrected chi connectivity index (χ4v) is 6.16. The summed E-state index contributed by atoms with van der Waals surface area (Å²) in [5.74, 6) is -0.212. The minimum Gasteiger partial charge on any atom is -0.330 e. The molecule has 4 nitrogen and oxygen atoms in total. The smallest absolute Gasteiger partial charge is 0.182 e. The van der Waals surface area contributed by atoms with E-state index < -0.39 is 20.5 Å². The molecule has 0 unspecified atom stereocenters. The highest BCUT2D eigenvalue weighted by Crippen LogP contribution is 2.63. The molecule has 0 spiro atoms. The van der Waals surface area contributed by atoms with E-state index in [9.17, 15) is 8.42 Å². The van der Waals surface area contributed by atoms with Crippen LogP contribution in [0.3, 0.4) is 0 Å². The maximum absolute atomic E-state index is 13.2. The third kappa shape index (κ3) is 2.65. The summed E-state index contributed by atoms with van der Waals surface area (Å²) >= 11 is 5.94. The molecule has 0 bridgehead atoms. The topological polar surface area (TPSA) is 86.2 Å². The summed E-state index contributed by atoms with van der Waals surface area (Å²) in [5.41, 5.74) is 13.2. The van der Waals surface area contributed by atoms with E-state index in [0.29, 0.717) is 9.92 Å². The molecule has 3 rings (SSSR count). The van der Waals surface area contributed by atoms with Crippen LogP contribution in [0.4, 0.5) is 0 Å². The molecule has 0 saturated heterocycles. The molecule has 0 aromatic heterocycles. The number of rotatable bonds is 5. The molecule has 0 radical (unpaired) electrons. The van der Waals surface area contributed by atoms with Crippen molar-refractivity contribution in [1.82, 2.24) is 0 Å². The first-order chi connectivity index (χ1) is 11.4. The molecule has 1 aliphatic carbocycles. The van der Waals surface area contributed by atoms with Gasteiger partial charge in [-0.25, -0.2) is 8.42 Å². The summed E-state index contributed by atoms with van der Waals surface area (Å²) in [6, 6.07) is 14.2. The van der Waals surface area contributed by atoms with Crippen molar-refractivity contribution in [3.63, 3.8) is 0 Å². The zero-order chi connectivity index (χ0) is 17.5. The number of hydrogen-bond acceptors (Lipinski definition) is 4. The van der Waals surface area contributed by atoms with Gasteiger partial charge in [-0.05, 0) is 36.8 Å². The third-order valence-corrected chi connectivity index (χ3v) is 7.64. The van der Waals surface area contributed by atoms with Crippen LogP contribution in [-0.4, -0.2) is 26.8 Å². The lowest BCUT2D eigenvalue weighted by Gasteiger charge is -2.13. The van der Waals surface area contributed by atoms with Gasteiger partial charge in [0.1, 0.15) is 0 Å². The number of aryl methyl sites for hydroxylation is 1. The van der Waals surface area contributed by atoms with Gasteiger partial charge >= 0.3 is 0 Å². The lowest BCUT2D eigenvalue weighted by Crippen LogP contribution is -2.31. The molecule has 2 aromatic rings. The molecule has 2 aromatic carbocycles. The van der Waals surface area contributed by atoms with Crippen LogP contribution in [0.1, 0.15) is 17.0 Å². The molecule has 1 aliphatic rings. The number of hydrogen-bond donors (Lipinski definition) is 2. The van der Waals surface area contributed by atoms with Crippen LogP contribution < -0.4 is 11.5 Å². The first kappa shape index (κ1) is 17.4. The maximum atomic E-state index is 13.2. The number of sulfone groups is 1. The van der Waals surface area contributed by atoms with E-state index in [1.54, 1.807) is 36.4 Å². The Morgan fingerprint density at radius 2 is 1.54 bits per heavy atom. The van der Waals surface area contributed by atoms with Crippen LogP contribution in [0.5, 0.6) is 0 Å². The van der Waals surface area contributed by atoms with Crippen molar-refractivity contribution in [3.8, 4) is 0 Å². The van der Waals surface area contributed by atoms with Gasteiger partial charge in [-0.1, -0.05) is 41.4 Å². The molecule has 0 aliphatic heterocycles. The minimum atomic E-state index is -3.51. The van der Waals surface area contributed by atoms with Crippen molar-refractivity contribution in [2.45, 2.75) is 23.0 Å². The van der Waals surface area contributed by atoms with E-state index in [2.05, 4.69) is 0 Å². The molecule has 0 amide bonds. The van der Waals surface area contributed by atoms with Gasteiger partial charge in [-0.15, -0.1) is 0 Å². The van der Waals surface area contributed by atoms with Gasteiger partial charge in [0.2, 0.25) is 0 Å². The Morgan fingerprint density at radius 1 is 1.00 bits per heavy atom. The van der Waals surface area contributed by atoms with Crippen molar-refractivity contribution < 1.29 is 8.42 Å². The average molecular weight is 365 g/mol. The van der Waals surface area contributed by atoms with Crippen LogP contribution in [0.15, 0.2) is 53.4 Å². The van der Waals surface area contributed by atoms with Gasteiger partial charge in [0.15, 0.2) is 9.84 Å². The third-order valence-electron chi connectivity index (χ3n) is 5.05. The van der Waals surface area contributed by atoms with Crippen molar-refractivity contribution in [3.05, 3.63) is 64.7 Å². The second kappa shape index (κ2) is 6.15. The highest BCUT2D eigenvalue weighted by atomic mass is 35.5. The molecule has 1 fully saturated rings. The predicted octanol–water partition coefficient (Wildman–Crippen LogP) is 2.49. The normalized spacial score (nSPS) is 22.3. The second-order valence-corrected chi connectivity index (χ2v) is 8.96. The molecule has 0 heterocycles. The number of nitrogens with two attached hydrogens (primary N) is 2. The van der Waals surface area contributed by atoms with Gasteiger partial charge in [-0.3, -0.25) is 0 Å². The molecule has 6 heteroatoms. The second-order valence-electron chi connectivity index (χ2n) is 6.45. The Hall–Kier alpha value is -1.40. The molecule has 24 heavy (non-hydrogen) atoms. The number of halogens is 1. The van der Waals surface area contributed by atoms with Gasteiger partial charge in [0, 0.05) is 29.4 Å². The Kier molecular flexibility index (Phi) is 4.47. The van der Waals surface area contributed by atoms with Crippen LogP contribution in [0.25, 0.3) is 0 Å². The van der Waals surface area contributed by atoms with Crippen molar-refractivity contribution in [2.24, 2.45) is 16.9 Å². The summed E-state index contributed by atoms with van der Waals surface area (Å²) < 4.78 is 26.3. The molecule has 1 saturated carbocycles. The standard InChI is InChI=1S/C18H21ClN2O2S/c1-12-2-8-15(9-3-12)24(22,23)17-16(18(17,10-20)11-21)13-4-6-14(19)7-5-13/h2-9,16-17H,10-11,20-21H2,1H3/t16-,17+/m0/s1. The van der Waals surface area contributed by atoms with Gasteiger partial charge in [0.05, 0.1) is 10.1 Å². The van der Waals surface area contributed by atoms with E-state index in [1.165, 1.54) is 0 Å². The monoisotopic (exact) mass is 364 g/mol. The van der Waals surface area contributed by atoms with E-state index in [-0.39, 0.29) is 19.0 Å². The fraction of sp³-hybridized carbons (Fsp3) is 0.333. The van der Waals surface area contributed by atoms with E-state index in [4.69, 9.17) is 23.1 Å². The fourth-order valence-electron chi connectivity index (χ4n) is 3.56. The van der Waals surface area contributed by atoms with Crippen LogP contribution >= 0.6 is 11.6 Å². The van der Waals surface area contributed by atoms with Crippen molar-refractivity contribution in [1.29, 1.82) is 0 Å². The molecular formula is C18H21ClN2O2S. The van der Waals surface area contributed by atoms with Crippen molar-refractivity contribution in [2.75, 3.05) is 13.1 Å². The SMILES string of the molecule is Cc1ccc(S(=O)(=O)[C@@H]2[C@H](c3ccc(Cl)cc3)C2(CN)CN)cc1. The maximum Gasteiger partial charge on any atom is 0.182 e. The summed E-state index contributed by atoms with van der Waals surface area (Å²) in [7, 11) is -3.51. The molecule has 2 atom stereocenters. The van der Waals surface area contributed by atoms with Crippen molar-refractivity contribution >= 4 is 21.4 Å². The molecule has 128 valence electrons. The van der Waals surface area contributed by atoms with E-state index >= 15 is 0 Å². The first-order valence-corrected chi connectivity index (χ1v) is 9.75. The highest BCUT2D eigenvalue weighted by molar-refractivity contribution is 7.92. The highest BCUT2D eigenvalue weighted by Gasteiger charge is 2.69. The zero-order valence-electron chi connectivity index (χ0n) is 13.4. The van der Waals surface area contributed by atoms with Gasteiger partial charge in [-0.2, -0.15) is 0 Å². The quantitative estimate of drug-likeness (QED) is 0.853. The summed E-state index contributed by atoms with van der Waals surface area (Å²) in [6.45, 7) is 2.38. The Bertz CT molecular complexity index is 828. The molecule has 4 N–H and O–H groups in total. The Morgan fingerprint density at radius 3 is 2.04 bits per heavy atom. The van der Waals surface area contributed by atoms with E-state index in [0.717, 1.165) is 11.1 Å². The Balaban J connectivity index is 2.04. The zero-order valence-corrected chi connectivity index (χ0v) is 15.0. The summed E-state index contributed by atoms with van der Waals surface area (Å²) in [5, 5.41) is 0.00678. The van der Waals surface area contributed by atoms with E-state index in [1.807, 2.05) is 19.1 Å². The predicted molar refractivity (Wildman–Crippen MR) is 96.9 cm³/mol. The van der Waals surface area contributed by atoms with Crippen LogP contribution in [0.2, 0.25) is 5.02 Å². The van der Waals surface area contributed by atoms with Crippen LogP contribution in [0, 0.1) is 12.3 Å². The number of benzene rings is 2. The largest absolute Gasteiger partial charge is 0.330 e. The lowest BCUT2D eigenvalue weighted by molar-refractivity contribution is 0.510.